The number of rotatable bonds is 3. The zero-order valence-electron chi connectivity index (χ0n) is 30.2. The molecule has 0 N–H and O–H groups in total. The van der Waals surface area contributed by atoms with E-state index < -0.39 is 0 Å². The van der Waals surface area contributed by atoms with E-state index in [0.29, 0.717) is 5.56 Å². The average Bonchev–Trinajstić information content (AvgIpc) is 3.78. The Kier molecular flexibility index (Phi) is 6.41. The molecule has 0 spiro atoms. The van der Waals surface area contributed by atoms with Crippen LogP contribution in [-0.2, 0) is 0 Å². The Hall–Kier alpha value is -7.67. The van der Waals surface area contributed by atoms with E-state index in [1.807, 2.05) is 6.07 Å². The molecule has 0 saturated carbocycles. The van der Waals surface area contributed by atoms with Crippen molar-refractivity contribution >= 4 is 86.7 Å². The lowest BCUT2D eigenvalue weighted by Gasteiger charge is -2.16. The summed E-state index contributed by atoms with van der Waals surface area (Å²) < 4.78 is 4.80. The summed E-state index contributed by atoms with van der Waals surface area (Å²) in [5, 5.41) is 24.2. The van der Waals surface area contributed by atoms with Crippen molar-refractivity contribution < 1.29 is 0 Å². The van der Waals surface area contributed by atoms with Crippen LogP contribution in [0.15, 0.2) is 188 Å². The Balaban J connectivity index is 1.11. The second kappa shape index (κ2) is 11.7. The van der Waals surface area contributed by atoms with E-state index in [-0.39, 0.29) is 0 Å². The van der Waals surface area contributed by atoms with Gasteiger partial charge in [-0.3, -0.25) is 0 Å². The van der Waals surface area contributed by atoms with Crippen molar-refractivity contribution in [1.29, 1.82) is 5.26 Å². The third kappa shape index (κ3) is 4.27. The molecule has 56 heavy (non-hydrogen) atoms. The zero-order chi connectivity index (χ0) is 36.9. The fourth-order valence-electron chi connectivity index (χ4n) is 9.47. The maximum atomic E-state index is 10.2. The molecule has 0 saturated heterocycles. The quantitative estimate of drug-likeness (QED) is 0.168. The first-order valence-electron chi connectivity index (χ1n) is 19.1. The number of nitriles is 1. The SMILES string of the molecule is N#Cc1cc2c3ccccc3c3cc(-n4c5ccccc5c5ccc(-c6ccc7c(c6)c6ccccc6n7-c6ccccc6)cc54)ccc3c2c2ccccc12. The van der Waals surface area contributed by atoms with Crippen molar-refractivity contribution in [3.8, 4) is 28.6 Å². The molecule has 0 amide bonds. The second-order valence-electron chi connectivity index (χ2n) is 14.8. The van der Waals surface area contributed by atoms with Crippen LogP contribution in [0.4, 0.5) is 0 Å². The Morgan fingerprint density at radius 2 is 0.821 bits per heavy atom. The van der Waals surface area contributed by atoms with E-state index in [1.54, 1.807) is 0 Å². The molecule has 0 fully saturated rings. The van der Waals surface area contributed by atoms with Gasteiger partial charge in [0.2, 0.25) is 0 Å². The predicted octanol–water partition coefficient (Wildman–Crippen LogP) is 14.0. The molecule has 10 aromatic carbocycles. The molecule has 0 aliphatic rings. The number of hydrogen-bond donors (Lipinski definition) is 0. The summed E-state index contributed by atoms with van der Waals surface area (Å²) in [6, 6.07) is 70.4. The third-order valence-electron chi connectivity index (χ3n) is 11.9. The average molecular weight is 710 g/mol. The van der Waals surface area contributed by atoms with Crippen LogP contribution in [0.3, 0.4) is 0 Å². The van der Waals surface area contributed by atoms with Crippen LogP contribution >= 0.6 is 0 Å². The van der Waals surface area contributed by atoms with Crippen molar-refractivity contribution in [2.45, 2.75) is 0 Å². The van der Waals surface area contributed by atoms with Gasteiger partial charge in [0.15, 0.2) is 0 Å². The van der Waals surface area contributed by atoms with E-state index in [4.69, 9.17) is 0 Å². The second-order valence-corrected chi connectivity index (χ2v) is 14.8. The van der Waals surface area contributed by atoms with Crippen LogP contribution in [0.2, 0.25) is 0 Å². The van der Waals surface area contributed by atoms with Gasteiger partial charge in [0, 0.05) is 38.3 Å². The highest BCUT2D eigenvalue weighted by molar-refractivity contribution is 6.32. The normalized spacial score (nSPS) is 11.9. The van der Waals surface area contributed by atoms with Gasteiger partial charge in [-0.25, -0.2) is 0 Å². The number of nitrogens with zero attached hydrogens (tertiary/aromatic N) is 3. The monoisotopic (exact) mass is 709 g/mol. The van der Waals surface area contributed by atoms with Gasteiger partial charge in [-0.2, -0.15) is 5.26 Å². The molecule has 12 aromatic rings. The highest BCUT2D eigenvalue weighted by Crippen LogP contribution is 2.43. The fourth-order valence-corrected chi connectivity index (χ4v) is 9.47. The number of aromatic nitrogens is 2. The summed E-state index contributed by atoms with van der Waals surface area (Å²) in [6.45, 7) is 0. The molecule has 0 aliphatic carbocycles. The summed E-state index contributed by atoms with van der Waals surface area (Å²) >= 11 is 0. The molecular formula is C53H31N3. The number of hydrogen-bond acceptors (Lipinski definition) is 1. The Bertz CT molecular complexity index is 3650. The molecule has 2 aromatic heterocycles. The minimum atomic E-state index is 0.705. The van der Waals surface area contributed by atoms with E-state index in [1.165, 1.54) is 76.3 Å². The van der Waals surface area contributed by atoms with Gasteiger partial charge >= 0.3 is 0 Å². The summed E-state index contributed by atoms with van der Waals surface area (Å²) in [4.78, 5) is 0. The van der Waals surface area contributed by atoms with Crippen LogP contribution in [-0.4, -0.2) is 9.13 Å². The largest absolute Gasteiger partial charge is 0.309 e. The molecule has 2 heterocycles. The van der Waals surface area contributed by atoms with E-state index >= 15 is 0 Å². The molecule has 258 valence electrons. The summed E-state index contributed by atoms with van der Waals surface area (Å²) in [5.74, 6) is 0. The maximum Gasteiger partial charge on any atom is 0.0998 e. The Labute approximate surface area is 322 Å². The van der Waals surface area contributed by atoms with Gasteiger partial charge in [0.1, 0.15) is 0 Å². The first-order valence-corrected chi connectivity index (χ1v) is 19.1. The van der Waals surface area contributed by atoms with Crippen LogP contribution < -0.4 is 0 Å². The van der Waals surface area contributed by atoms with Crippen LogP contribution in [0.25, 0.3) is 109 Å². The molecule has 3 nitrogen and oxygen atoms in total. The van der Waals surface area contributed by atoms with Gasteiger partial charge in [-0.15, -0.1) is 0 Å². The molecule has 0 bridgehead atoms. The van der Waals surface area contributed by atoms with Crippen LogP contribution in [0.1, 0.15) is 5.56 Å². The maximum absolute atomic E-state index is 10.2. The molecule has 0 unspecified atom stereocenters. The lowest BCUT2D eigenvalue weighted by atomic mass is 9.89. The van der Waals surface area contributed by atoms with Crippen LogP contribution in [0.5, 0.6) is 0 Å². The highest BCUT2D eigenvalue weighted by Gasteiger charge is 2.19. The topological polar surface area (TPSA) is 33.6 Å². The minimum absolute atomic E-state index is 0.705. The smallest absolute Gasteiger partial charge is 0.0998 e. The van der Waals surface area contributed by atoms with Gasteiger partial charge in [0.25, 0.3) is 0 Å². The summed E-state index contributed by atoms with van der Waals surface area (Å²) in [6.07, 6.45) is 0. The lowest BCUT2D eigenvalue weighted by Crippen LogP contribution is -1.95. The van der Waals surface area contributed by atoms with Crippen molar-refractivity contribution in [2.75, 3.05) is 0 Å². The van der Waals surface area contributed by atoms with Crippen molar-refractivity contribution in [1.82, 2.24) is 9.13 Å². The molecule has 0 radical (unpaired) electrons. The first kappa shape index (κ1) is 30.8. The van der Waals surface area contributed by atoms with E-state index in [9.17, 15) is 5.26 Å². The Morgan fingerprint density at radius 3 is 1.57 bits per heavy atom. The van der Waals surface area contributed by atoms with Gasteiger partial charge < -0.3 is 9.13 Å². The standard InChI is InChI=1S/C53H31N3/c54-32-35-29-48-40-16-6-5-15-39(40)46-31-37(24-26-45(46)53(48)44-19-7-4-14-38(35)44)56-49-20-10-8-17-41(49)43-25-22-34(30-52(43)56)33-23-27-51-47(28-33)42-18-9-11-21-50(42)55(51)36-12-2-1-3-13-36/h1-31H. The molecule has 12 rings (SSSR count). The van der Waals surface area contributed by atoms with E-state index in [2.05, 4.69) is 197 Å². The summed E-state index contributed by atoms with van der Waals surface area (Å²) in [5.41, 5.74) is 10.1. The van der Waals surface area contributed by atoms with Crippen molar-refractivity contribution in [3.63, 3.8) is 0 Å². The summed E-state index contributed by atoms with van der Waals surface area (Å²) in [7, 11) is 0. The number of para-hydroxylation sites is 3. The highest BCUT2D eigenvalue weighted by atomic mass is 15.0. The molecular weight excluding hydrogens is 679 g/mol. The number of fused-ring (bicyclic) bond motifs is 14. The lowest BCUT2D eigenvalue weighted by molar-refractivity contribution is 1.18. The third-order valence-corrected chi connectivity index (χ3v) is 11.9. The molecule has 0 atom stereocenters. The molecule has 3 heteroatoms. The number of benzene rings is 10. The minimum Gasteiger partial charge on any atom is -0.309 e. The van der Waals surface area contributed by atoms with Gasteiger partial charge in [0.05, 0.1) is 33.7 Å². The zero-order valence-corrected chi connectivity index (χ0v) is 30.2. The Morgan fingerprint density at radius 1 is 0.304 bits per heavy atom. The van der Waals surface area contributed by atoms with Crippen molar-refractivity contribution in [3.05, 3.63) is 194 Å². The first-order chi connectivity index (χ1) is 27.7. The van der Waals surface area contributed by atoms with Gasteiger partial charge in [-0.1, -0.05) is 127 Å². The van der Waals surface area contributed by atoms with Crippen molar-refractivity contribution in [2.24, 2.45) is 0 Å². The molecule has 0 aliphatic heterocycles. The van der Waals surface area contributed by atoms with Crippen LogP contribution in [0, 0.1) is 11.3 Å². The van der Waals surface area contributed by atoms with Gasteiger partial charge in [-0.05, 0) is 109 Å². The predicted molar refractivity (Wildman–Crippen MR) is 235 cm³/mol. The fraction of sp³-hybridized carbons (Fsp3) is 0. The van der Waals surface area contributed by atoms with E-state index in [0.717, 1.165) is 32.9 Å².